The van der Waals surface area contributed by atoms with E-state index in [4.69, 9.17) is 17.4 Å². The first-order valence-corrected chi connectivity index (χ1v) is 9.34. The zero-order chi connectivity index (χ0) is 17.8. The van der Waals surface area contributed by atoms with Gasteiger partial charge in [-0.2, -0.15) is 0 Å². The summed E-state index contributed by atoms with van der Waals surface area (Å²) in [4.78, 5) is 12.1. The minimum Gasteiger partial charge on any atom is -0.335 e. The van der Waals surface area contributed by atoms with E-state index in [1.54, 1.807) is 12.1 Å². The van der Waals surface area contributed by atoms with E-state index in [1.165, 1.54) is 16.4 Å². The van der Waals surface area contributed by atoms with Crippen LogP contribution < -0.4 is 11.2 Å². The minimum atomic E-state index is -0.163. The average molecular weight is 439 g/mol. The van der Waals surface area contributed by atoms with Crippen molar-refractivity contribution in [3.05, 3.63) is 58.0 Å². The Bertz CT molecular complexity index is 917. The number of thioether (sulfide) groups is 1. The SMILES string of the molecule is Nn1c(SCC(=O)Nc2ccccc2Br)nnc1-c1cccc(Cl)c1. The average Bonchev–Trinajstić information content (AvgIpc) is 2.96. The van der Waals surface area contributed by atoms with Crippen molar-refractivity contribution in [2.45, 2.75) is 5.16 Å². The van der Waals surface area contributed by atoms with Crippen molar-refractivity contribution in [2.75, 3.05) is 16.9 Å². The summed E-state index contributed by atoms with van der Waals surface area (Å²) in [5, 5.41) is 12.0. The largest absolute Gasteiger partial charge is 0.335 e. The molecule has 3 aromatic rings. The topological polar surface area (TPSA) is 85.8 Å². The summed E-state index contributed by atoms with van der Waals surface area (Å²) >= 11 is 10.6. The number of carbonyl (C=O) groups is 1. The van der Waals surface area contributed by atoms with Gasteiger partial charge in [0.15, 0.2) is 5.82 Å². The van der Waals surface area contributed by atoms with Crippen molar-refractivity contribution >= 4 is 50.9 Å². The summed E-state index contributed by atoms with van der Waals surface area (Å²) in [6, 6.07) is 14.6. The number of carbonyl (C=O) groups excluding carboxylic acids is 1. The molecular weight excluding hydrogens is 426 g/mol. The lowest BCUT2D eigenvalue weighted by Gasteiger charge is -2.07. The predicted molar refractivity (Wildman–Crippen MR) is 104 cm³/mol. The molecule has 1 heterocycles. The zero-order valence-corrected chi connectivity index (χ0v) is 16.0. The quantitative estimate of drug-likeness (QED) is 0.467. The van der Waals surface area contributed by atoms with Crippen molar-refractivity contribution in [2.24, 2.45) is 0 Å². The van der Waals surface area contributed by atoms with Crippen LogP contribution in [0.3, 0.4) is 0 Å². The second-order valence-electron chi connectivity index (χ2n) is 5.00. The number of rotatable bonds is 5. The number of hydrogen-bond donors (Lipinski definition) is 2. The molecule has 0 fully saturated rings. The Morgan fingerprint density at radius 1 is 1.24 bits per heavy atom. The second kappa shape index (κ2) is 7.90. The molecule has 0 radical (unpaired) electrons. The first-order valence-electron chi connectivity index (χ1n) is 7.18. The number of anilines is 1. The molecule has 3 N–H and O–H groups in total. The lowest BCUT2D eigenvalue weighted by molar-refractivity contribution is -0.113. The Hall–Kier alpha value is -2.03. The van der Waals surface area contributed by atoms with Crippen LogP contribution in [-0.4, -0.2) is 26.5 Å². The summed E-state index contributed by atoms with van der Waals surface area (Å²) in [5.74, 6) is 6.52. The Morgan fingerprint density at radius 2 is 2.04 bits per heavy atom. The fraction of sp³-hybridized carbons (Fsp3) is 0.0625. The van der Waals surface area contributed by atoms with Crippen LogP contribution in [0.2, 0.25) is 5.02 Å². The van der Waals surface area contributed by atoms with Gasteiger partial charge < -0.3 is 11.2 Å². The normalized spacial score (nSPS) is 10.6. The molecule has 0 aliphatic carbocycles. The van der Waals surface area contributed by atoms with Gasteiger partial charge in [-0.15, -0.1) is 10.2 Å². The third-order valence-corrected chi connectivity index (χ3v) is 5.10. The minimum absolute atomic E-state index is 0.159. The molecule has 0 saturated heterocycles. The van der Waals surface area contributed by atoms with Gasteiger partial charge in [-0.1, -0.05) is 47.6 Å². The van der Waals surface area contributed by atoms with E-state index in [9.17, 15) is 4.79 Å². The van der Waals surface area contributed by atoms with E-state index in [1.807, 2.05) is 36.4 Å². The Morgan fingerprint density at radius 3 is 2.80 bits per heavy atom. The maximum absolute atomic E-state index is 12.1. The van der Waals surface area contributed by atoms with E-state index < -0.39 is 0 Å². The van der Waals surface area contributed by atoms with Gasteiger partial charge in [0.25, 0.3) is 0 Å². The van der Waals surface area contributed by atoms with Crippen LogP contribution in [0.5, 0.6) is 0 Å². The van der Waals surface area contributed by atoms with E-state index >= 15 is 0 Å². The molecule has 0 aliphatic rings. The number of nitrogens with zero attached hydrogens (tertiary/aromatic N) is 3. The summed E-state index contributed by atoms with van der Waals surface area (Å²) < 4.78 is 2.17. The first kappa shape index (κ1) is 17.8. The lowest BCUT2D eigenvalue weighted by atomic mass is 10.2. The highest BCUT2D eigenvalue weighted by Crippen LogP contribution is 2.25. The van der Waals surface area contributed by atoms with E-state index in [-0.39, 0.29) is 11.7 Å². The second-order valence-corrected chi connectivity index (χ2v) is 7.24. The molecule has 0 bridgehead atoms. The van der Waals surface area contributed by atoms with Gasteiger partial charge in [0, 0.05) is 15.1 Å². The number of nitrogens with one attached hydrogen (secondary N) is 1. The summed E-state index contributed by atoms with van der Waals surface area (Å²) in [7, 11) is 0. The molecule has 128 valence electrons. The number of nitrogens with two attached hydrogens (primary N) is 1. The monoisotopic (exact) mass is 437 g/mol. The molecular formula is C16H13BrClN5OS. The molecule has 3 rings (SSSR count). The van der Waals surface area contributed by atoms with Crippen molar-refractivity contribution < 1.29 is 4.79 Å². The van der Waals surface area contributed by atoms with E-state index in [2.05, 4.69) is 31.4 Å². The van der Waals surface area contributed by atoms with Crippen LogP contribution in [0.1, 0.15) is 0 Å². The van der Waals surface area contributed by atoms with Gasteiger partial charge >= 0.3 is 0 Å². The highest BCUT2D eigenvalue weighted by molar-refractivity contribution is 9.10. The molecule has 0 unspecified atom stereocenters. The number of hydrogen-bond acceptors (Lipinski definition) is 5. The number of benzene rings is 2. The number of nitrogen functional groups attached to an aromatic ring is 1. The van der Waals surface area contributed by atoms with Crippen LogP contribution in [0, 0.1) is 0 Å². The summed E-state index contributed by atoms with van der Waals surface area (Å²) in [5.41, 5.74) is 1.47. The van der Waals surface area contributed by atoms with Crippen LogP contribution in [0.4, 0.5) is 5.69 Å². The third kappa shape index (κ3) is 4.33. The molecule has 0 saturated carbocycles. The maximum atomic E-state index is 12.1. The number of para-hydroxylation sites is 1. The third-order valence-electron chi connectivity index (χ3n) is 3.23. The molecule has 6 nitrogen and oxygen atoms in total. The van der Waals surface area contributed by atoms with E-state index in [0.717, 1.165) is 10.0 Å². The fourth-order valence-electron chi connectivity index (χ4n) is 2.08. The highest BCUT2D eigenvalue weighted by atomic mass is 79.9. The molecule has 9 heteroatoms. The maximum Gasteiger partial charge on any atom is 0.234 e. The van der Waals surface area contributed by atoms with Crippen LogP contribution >= 0.6 is 39.3 Å². The Labute approximate surface area is 161 Å². The van der Waals surface area contributed by atoms with E-state index in [0.29, 0.717) is 21.7 Å². The van der Waals surface area contributed by atoms with Gasteiger partial charge in [-0.05, 0) is 40.2 Å². The zero-order valence-electron chi connectivity index (χ0n) is 12.8. The van der Waals surface area contributed by atoms with Gasteiger partial charge in [-0.3, -0.25) is 4.79 Å². The number of halogens is 2. The first-order chi connectivity index (χ1) is 12.0. The molecule has 25 heavy (non-hydrogen) atoms. The highest BCUT2D eigenvalue weighted by Gasteiger charge is 2.14. The summed E-state index contributed by atoms with van der Waals surface area (Å²) in [6.07, 6.45) is 0. The molecule has 0 atom stereocenters. The Kier molecular flexibility index (Phi) is 5.62. The molecule has 2 aromatic carbocycles. The Balaban J connectivity index is 1.66. The molecule has 0 spiro atoms. The van der Waals surface area contributed by atoms with Crippen molar-refractivity contribution in [1.29, 1.82) is 0 Å². The van der Waals surface area contributed by atoms with Crippen LogP contribution in [0.15, 0.2) is 58.2 Å². The molecule has 1 amide bonds. The van der Waals surface area contributed by atoms with Gasteiger partial charge in [0.2, 0.25) is 11.1 Å². The standard InChI is InChI=1S/C16H13BrClN5OS/c17-12-6-1-2-7-13(12)20-14(24)9-25-16-22-21-15(23(16)19)10-4-3-5-11(18)8-10/h1-8H,9,19H2,(H,20,24). The molecule has 1 aromatic heterocycles. The van der Waals surface area contributed by atoms with Crippen LogP contribution in [-0.2, 0) is 4.79 Å². The van der Waals surface area contributed by atoms with Crippen molar-refractivity contribution in [3.63, 3.8) is 0 Å². The molecule has 0 aliphatic heterocycles. The van der Waals surface area contributed by atoms with Crippen molar-refractivity contribution in [3.8, 4) is 11.4 Å². The van der Waals surface area contributed by atoms with Gasteiger partial charge in [0.1, 0.15) is 0 Å². The smallest absolute Gasteiger partial charge is 0.234 e. The number of aromatic nitrogens is 3. The van der Waals surface area contributed by atoms with Gasteiger partial charge in [-0.25, -0.2) is 4.68 Å². The fourth-order valence-corrected chi connectivity index (χ4v) is 3.31. The lowest BCUT2D eigenvalue weighted by Crippen LogP contribution is -2.16. The van der Waals surface area contributed by atoms with Crippen molar-refractivity contribution in [1.82, 2.24) is 14.9 Å². The number of amides is 1. The summed E-state index contributed by atoms with van der Waals surface area (Å²) in [6.45, 7) is 0. The predicted octanol–water partition coefficient (Wildman–Crippen LogP) is 3.81. The van der Waals surface area contributed by atoms with Gasteiger partial charge in [0.05, 0.1) is 11.4 Å². The van der Waals surface area contributed by atoms with Crippen LogP contribution in [0.25, 0.3) is 11.4 Å².